The predicted molar refractivity (Wildman–Crippen MR) is 104 cm³/mol. The van der Waals surface area contributed by atoms with Crippen LogP contribution in [0.3, 0.4) is 0 Å². The van der Waals surface area contributed by atoms with Gasteiger partial charge >= 0.3 is 0 Å². The second-order valence-corrected chi connectivity index (χ2v) is 6.66. The monoisotopic (exact) mass is 348 g/mol. The maximum atomic E-state index is 12.2. The zero-order valence-corrected chi connectivity index (χ0v) is 14.9. The third-order valence-corrected chi connectivity index (χ3v) is 4.60. The molecule has 4 nitrogen and oxygen atoms in total. The van der Waals surface area contributed by atoms with Crippen LogP contribution < -0.4 is 5.32 Å². The number of Topliss-reactive ketones (excluding diaryl/α,β-unsaturated/α-hetero) is 1. The van der Waals surface area contributed by atoms with Crippen molar-refractivity contribution in [2.45, 2.75) is 38.5 Å². The molecule has 0 aliphatic carbocycles. The lowest BCUT2D eigenvalue weighted by atomic mass is 10.0. The van der Waals surface area contributed by atoms with Crippen LogP contribution in [0.5, 0.6) is 0 Å². The first kappa shape index (κ1) is 18.2. The molecular formula is C22H24N2O2. The number of hydrogen-bond acceptors (Lipinski definition) is 4. The van der Waals surface area contributed by atoms with Crippen LogP contribution >= 0.6 is 0 Å². The topological polar surface area (TPSA) is 62.2 Å². The lowest BCUT2D eigenvalue weighted by Crippen LogP contribution is -2.26. The maximum Gasteiger partial charge on any atom is 0.165 e. The summed E-state index contributed by atoms with van der Waals surface area (Å²) in [4.78, 5) is 16.3. The highest BCUT2D eigenvalue weighted by atomic mass is 16.3. The molecule has 2 N–H and O–H groups in total. The first-order chi connectivity index (χ1) is 12.6. The van der Waals surface area contributed by atoms with Crippen molar-refractivity contribution in [2.24, 2.45) is 0 Å². The predicted octanol–water partition coefficient (Wildman–Crippen LogP) is 3.80. The number of fused-ring (bicyclic) bond motifs is 1. The number of carbonyl (C=O) groups excluding carboxylic acids is 1. The summed E-state index contributed by atoms with van der Waals surface area (Å²) in [6, 6.07) is 17.6. The standard InChI is InChI=1S/C22H24N2O2/c1-16(7-10-21(25)22(26)18-5-3-2-4-6-18)24-14-17-8-9-20-15-23-12-11-19(20)13-17/h2-6,8-9,11-13,15-16,22,24,26H,7,10,14H2,1H3/t16-,22+/m1/s1. The molecule has 0 unspecified atom stereocenters. The quantitative estimate of drug-likeness (QED) is 0.650. The van der Waals surface area contributed by atoms with Gasteiger partial charge in [0.25, 0.3) is 0 Å². The summed E-state index contributed by atoms with van der Waals surface area (Å²) < 4.78 is 0. The van der Waals surface area contributed by atoms with Gasteiger partial charge in [0, 0.05) is 36.8 Å². The Hall–Kier alpha value is -2.56. The number of ketones is 1. The molecule has 134 valence electrons. The van der Waals surface area contributed by atoms with Gasteiger partial charge in [-0.15, -0.1) is 0 Å². The zero-order valence-electron chi connectivity index (χ0n) is 14.9. The van der Waals surface area contributed by atoms with Gasteiger partial charge in [0.2, 0.25) is 0 Å². The van der Waals surface area contributed by atoms with Crippen LogP contribution in [0.25, 0.3) is 10.8 Å². The van der Waals surface area contributed by atoms with E-state index in [0.29, 0.717) is 18.4 Å². The van der Waals surface area contributed by atoms with E-state index in [1.54, 1.807) is 18.3 Å². The number of aliphatic hydroxyl groups excluding tert-OH is 1. The van der Waals surface area contributed by atoms with E-state index in [4.69, 9.17) is 0 Å². The van der Waals surface area contributed by atoms with E-state index in [-0.39, 0.29) is 11.8 Å². The summed E-state index contributed by atoms with van der Waals surface area (Å²) in [7, 11) is 0. The van der Waals surface area contributed by atoms with Crippen molar-refractivity contribution in [2.75, 3.05) is 0 Å². The SMILES string of the molecule is C[C@H](CCC(=O)[C@@H](O)c1ccccc1)NCc1ccc2cnccc2c1. The zero-order chi connectivity index (χ0) is 18.4. The molecule has 3 rings (SSSR count). The van der Waals surface area contributed by atoms with Crippen LogP contribution in [0.1, 0.15) is 37.0 Å². The van der Waals surface area contributed by atoms with Crippen molar-refractivity contribution in [1.29, 1.82) is 0 Å². The number of nitrogens with one attached hydrogen (secondary N) is 1. The number of pyridine rings is 1. The second kappa shape index (κ2) is 8.70. The molecule has 0 aliphatic rings. The minimum Gasteiger partial charge on any atom is -0.381 e. The highest BCUT2D eigenvalue weighted by Gasteiger charge is 2.17. The van der Waals surface area contributed by atoms with Crippen molar-refractivity contribution in [3.05, 3.63) is 78.1 Å². The minimum absolute atomic E-state index is 0.136. The summed E-state index contributed by atoms with van der Waals surface area (Å²) >= 11 is 0. The molecule has 0 amide bonds. The molecule has 3 aromatic rings. The molecule has 0 aliphatic heterocycles. The number of aliphatic hydroxyl groups is 1. The van der Waals surface area contributed by atoms with Gasteiger partial charge in [-0.1, -0.05) is 42.5 Å². The van der Waals surface area contributed by atoms with Crippen molar-refractivity contribution in [3.63, 3.8) is 0 Å². The molecule has 2 atom stereocenters. The molecule has 4 heteroatoms. The van der Waals surface area contributed by atoms with E-state index in [0.717, 1.165) is 11.9 Å². The normalized spacial score (nSPS) is 13.5. The molecule has 2 aromatic carbocycles. The number of carbonyl (C=O) groups is 1. The van der Waals surface area contributed by atoms with Gasteiger partial charge in [0.05, 0.1) is 0 Å². The first-order valence-electron chi connectivity index (χ1n) is 8.95. The Morgan fingerprint density at radius 1 is 1.12 bits per heavy atom. The second-order valence-electron chi connectivity index (χ2n) is 6.66. The van der Waals surface area contributed by atoms with Crippen molar-refractivity contribution >= 4 is 16.6 Å². The Balaban J connectivity index is 1.47. The minimum atomic E-state index is -1.03. The van der Waals surface area contributed by atoms with Gasteiger partial charge in [-0.3, -0.25) is 9.78 Å². The van der Waals surface area contributed by atoms with E-state index in [1.807, 2.05) is 30.5 Å². The van der Waals surface area contributed by atoms with E-state index in [2.05, 4.69) is 35.4 Å². The lowest BCUT2D eigenvalue weighted by molar-refractivity contribution is -0.127. The fourth-order valence-corrected chi connectivity index (χ4v) is 2.95. The van der Waals surface area contributed by atoms with Gasteiger partial charge in [0.15, 0.2) is 5.78 Å². The Labute approximate surface area is 153 Å². The van der Waals surface area contributed by atoms with Gasteiger partial charge in [-0.2, -0.15) is 0 Å². The summed E-state index contributed by atoms with van der Waals surface area (Å²) in [6.45, 7) is 2.81. The summed E-state index contributed by atoms with van der Waals surface area (Å²) in [5, 5.41) is 15.9. The summed E-state index contributed by atoms with van der Waals surface area (Å²) in [5.41, 5.74) is 1.86. The Bertz CT molecular complexity index is 864. The molecule has 26 heavy (non-hydrogen) atoms. The van der Waals surface area contributed by atoms with E-state index < -0.39 is 6.10 Å². The van der Waals surface area contributed by atoms with Crippen LogP contribution in [0.15, 0.2) is 67.0 Å². The third kappa shape index (κ3) is 4.75. The highest BCUT2D eigenvalue weighted by Crippen LogP contribution is 2.17. The van der Waals surface area contributed by atoms with Crippen molar-refractivity contribution in [3.8, 4) is 0 Å². The number of hydrogen-bond donors (Lipinski definition) is 2. The lowest BCUT2D eigenvalue weighted by Gasteiger charge is -2.15. The molecule has 0 radical (unpaired) electrons. The van der Waals surface area contributed by atoms with Gasteiger partial charge in [-0.25, -0.2) is 0 Å². The largest absolute Gasteiger partial charge is 0.381 e. The number of nitrogens with zero attached hydrogens (tertiary/aromatic N) is 1. The molecule has 1 heterocycles. The number of benzene rings is 2. The molecular weight excluding hydrogens is 324 g/mol. The average molecular weight is 348 g/mol. The van der Waals surface area contributed by atoms with Crippen LogP contribution in [0.2, 0.25) is 0 Å². The fourth-order valence-electron chi connectivity index (χ4n) is 2.95. The van der Waals surface area contributed by atoms with E-state index >= 15 is 0 Å². The summed E-state index contributed by atoms with van der Waals surface area (Å²) in [5.74, 6) is -0.136. The van der Waals surface area contributed by atoms with E-state index in [1.165, 1.54) is 10.9 Å². The van der Waals surface area contributed by atoms with Crippen LogP contribution in [0, 0.1) is 0 Å². The van der Waals surface area contributed by atoms with Gasteiger partial charge in [0.1, 0.15) is 6.10 Å². The first-order valence-corrected chi connectivity index (χ1v) is 8.95. The Kier molecular flexibility index (Phi) is 6.10. The molecule has 1 aromatic heterocycles. The summed E-state index contributed by atoms with van der Waals surface area (Å²) in [6.07, 6.45) is 3.68. The van der Waals surface area contributed by atoms with Crippen LogP contribution in [0.4, 0.5) is 0 Å². The van der Waals surface area contributed by atoms with Crippen molar-refractivity contribution in [1.82, 2.24) is 10.3 Å². The van der Waals surface area contributed by atoms with Crippen molar-refractivity contribution < 1.29 is 9.90 Å². The Morgan fingerprint density at radius 3 is 2.73 bits per heavy atom. The van der Waals surface area contributed by atoms with Crippen LogP contribution in [-0.4, -0.2) is 21.9 Å². The smallest absolute Gasteiger partial charge is 0.165 e. The maximum absolute atomic E-state index is 12.2. The molecule has 0 saturated heterocycles. The molecule has 0 bridgehead atoms. The molecule has 0 fully saturated rings. The Morgan fingerprint density at radius 2 is 1.92 bits per heavy atom. The number of aromatic nitrogens is 1. The van der Waals surface area contributed by atoms with E-state index in [9.17, 15) is 9.90 Å². The van der Waals surface area contributed by atoms with Gasteiger partial charge < -0.3 is 10.4 Å². The van der Waals surface area contributed by atoms with Gasteiger partial charge in [-0.05, 0) is 42.0 Å². The van der Waals surface area contributed by atoms with Crippen LogP contribution in [-0.2, 0) is 11.3 Å². The average Bonchev–Trinajstić information content (AvgIpc) is 2.70. The number of rotatable bonds is 8. The molecule has 0 saturated carbocycles. The highest BCUT2D eigenvalue weighted by molar-refractivity contribution is 5.84. The third-order valence-electron chi connectivity index (χ3n) is 4.60. The fraction of sp³-hybridized carbons (Fsp3) is 0.273. The molecule has 0 spiro atoms.